The normalized spacial score (nSPS) is 24.0. The molecule has 0 saturated carbocycles. The van der Waals surface area contributed by atoms with Crippen LogP contribution in [0.2, 0.25) is 0 Å². The first-order valence-electron chi connectivity index (χ1n) is 10.6. The molecular formula is C22H28F3N3O. The first kappa shape index (κ1) is 20.3. The number of carbonyl (C=O) groups excluding carboxylic acids is 1. The Hall–Kier alpha value is -2.02. The molecule has 158 valence electrons. The molecule has 29 heavy (non-hydrogen) atoms. The van der Waals surface area contributed by atoms with Crippen LogP contribution >= 0.6 is 0 Å². The van der Waals surface area contributed by atoms with Gasteiger partial charge in [0, 0.05) is 56.6 Å². The van der Waals surface area contributed by atoms with Crippen molar-refractivity contribution in [1.29, 1.82) is 0 Å². The highest BCUT2D eigenvalue weighted by molar-refractivity contribution is 5.93. The first-order chi connectivity index (χ1) is 13.9. The molecule has 4 nitrogen and oxygen atoms in total. The molecule has 3 aliphatic rings. The van der Waals surface area contributed by atoms with Crippen molar-refractivity contribution in [3.05, 3.63) is 41.5 Å². The number of piperazine rings is 1. The van der Waals surface area contributed by atoms with E-state index in [-0.39, 0.29) is 5.91 Å². The van der Waals surface area contributed by atoms with Crippen molar-refractivity contribution in [2.24, 2.45) is 0 Å². The maximum atomic E-state index is 13.0. The molecule has 0 aromatic heterocycles. The van der Waals surface area contributed by atoms with Crippen molar-refractivity contribution in [2.75, 3.05) is 44.2 Å². The maximum absolute atomic E-state index is 13.0. The zero-order chi connectivity index (χ0) is 20.4. The average Bonchev–Trinajstić information content (AvgIpc) is 3.28. The van der Waals surface area contributed by atoms with Crippen LogP contribution in [0.15, 0.2) is 35.9 Å². The summed E-state index contributed by atoms with van der Waals surface area (Å²) in [7, 11) is 0. The van der Waals surface area contributed by atoms with E-state index in [1.807, 2.05) is 9.80 Å². The van der Waals surface area contributed by atoms with Gasteiger partial charge >= 0.3 is 6.18 Å². The molecule has 0 spiro atoms. The summed E-state index contributed by atoms with van der Waals surface area (Å²) < 4.78 is 39.0. The van der Waals surface area contributed by atoms with E-state index in [1.54, 1.807) is 6.07 Å². The van der Waals surface area contributed by atoms with Crippen LogP contribution < -0.4 is 4.90 Å². The van der Waals surface area contributed by atoms with Gasteiger partial charge in [0.25, 0.3) is 0 Å². The summed E-state index contributed by atoms with van der Waals surface area (Å²) in [5.74, 6) is 0.204. The van der Waals surface area contributed by atoms with Gasteiger partial charge in [-0.15, -0.1) is 0 Å². The molecule has 1 atom stereocenters. The molecule has 4 rings (SSSR count). The second kappa shape index (κ2) is 8.38. The fraction of sp³-hybridized carbons (Fsp3) is 0.591. The molecule has 1 aromatic rings. The van der Waals surface area contributed by atoms with Gasteiger partial charge in [-0.3, -0.25) is 9.69 Å². The van der Waals surface area contributed by atoms with E-state index >= 15 is 0 Å². The SMILES string of the molecule is O=C(C1=CCCC1)N1CCCC(N2CCN(c3cccc(C(F)(F)F)c3)CC2)C1. The molecule has 2 heterocycles. The number of amides is 1. The van der Waals surface area contributed by atoms with Crippen molar-refractivity contribution < 1.29 is 18.0 Å². The van der Waals surface area contributed by atoms with E-state index in [0.717, 1.165) is 69.9 Å². The van der Waals surface area contributed by atoms with Crippen LogP contribution in [0.25, 0.3) is 0 Å². The third kappa shape index (κ3) is 4.60. The van der Waals surface area contributed by atoms with E-state index in [0.29, 0.717) is 24.8 Å². The number of carbonyl (C=O) groups is 1. The Balaban J connectivity index is 1.34. The minimum Gasteiger partial charge on any atom is -0.369 e. The van der Waals surface area contributed by atoms with Gasteiger partial charge in [0.1, 0.15) is 0 Å². The smallest absolute Gasteiger partial charge is 0.369 e. The maximum Gasteiger partial charge on any atom is 0.416 e. The van der Waals surface area contributed by atoms with Gasteiger partial charge in [-0.2, -0.15) is 13.2 Å². The molecule has 0 radical (unpaired) electrons. The van der Waals surface area contributed by atoms with Crippen molar-refractivity contribution in [2.45, 2.75) is 44.3 Å². The monoisotopic (exact) mass is 407 g/mol. The van der Waals surface area contributed by atoms with Gasteiger partial charge in [-0.05, 0) is 50.3 Å². The Labute approximate surface area is 170 Å². The summed E-state index contributed by atoms with van der Waals surface area (Å²) in [4.78, 5) is 19.2. The number of anilines is 1. The van der Waals surface area contributed by atoms with E-state index in [2.05, 4.69) is 11.0 Å². The molecule has 1 amide bonds. The number of rotatable bonds is 3. The van der Waals surface area contributed by atoms with Crippen molar-refractivity contribution >= 4 is 11.6 Å². The average molecular weight is 407 g/mol. The Kier molecular flexibility index (Phi) is 5.86. The standard InChI is InChI=1S/C22H28F3N3O/c23-22(24,25)18-7-3-8-19(15-18)26-11-13-27(14-12-26)20-9-4-10-28(16-20)21(29)17-5-1-2-6-17/h3,5,7-8,15,20H,1-2,4,6,9-14,16H2. The van der Waals surface area contributed by atoms with Crippen LogP contribution in [0.1, 0.15) is 37.7 Å². The summed E-state index contributed by atoms with van der Waals surface area (Å²) in [5, 5.41) is 0. The highest BCUT2D eigenvalue weighted by atomic mass is 19.4. The largest absolute Gasteiger partial charge is 0.416 e. The van der Waals surface area contributed by atoms with Gasteiger partial charge in [0.15, 0.2) is 0 Å². The van der Waals surface area contributed by atoms with Crippen LogP contribution in [0, 0.1) is 0 Å². The number of likely N-dealkylation sites (tertiary alicyclic amines) is 1. The Morgan fingerprint density at radius 2 is 1.83 bits per heavy atom. The highest BCUT2D eigenvalue weighted by Crippen LogP contribution is 2.32. The molecular weight excluding hydrogens is 379 g/mol. The molecule has 0 bridgehead atoms. The fourth-order valence-electron chi connectivity index (χ4n) is 4.73. The first-order valence-corrected chi connectivity index (χ1v) is 10.6. The van der Waals surface area contributed by atoms with Gasteiger partial charge in [0.2, 0.25) is 5.91 Å². The number of nitrogens with zero attached hydrogens (tertiary/aromatic N) is 3. The summed E-state index contributed by atoms with van der Waals surface area (Å²) in [5.41, 5.74) is 1.01. The second-order valence-electron chi connectivity index (χ2n) is 8.24. The van der Waals surface area contributed by atoms with Crippen LogP contribution in [-0.2, 0) is 11.0 Å². The predicted octanol–water partition coefficient (Wildman–Crippen LogP) is 3.93. The lowest BCUT2D eigenvalue weighted by Gasteiger charge is -2.44. The topological polar surface area (TPSA) is 26.8 Å². The van der Waals surface area contributed by atoms with Crippen LogP contribution in [-0.4, -0.2) is 61.0 Å². The molecule has 2 saturated heterocycles. The van der Waals surface area contributed by atoms with Crippen LogP contribution in [0.5, 0.6) is 0 Å². The van der Waals surface area contributed by atoms with E-state index < -0.39 is 11.7 Å². The molecule has 7 heteroatoms. The quantitative estimate of drug-likeness (QED) is 0.760. The second-order valence-corrected chi connectivity index (χ2v) is 8.24. The lowest BCUT2D eigenvalue weighted by molar-refractivity contribution is -0.137. The van der Waals surface area contributed by atoms with E-state index in [9.17, 15) is 18.0 Å². The van der Waals surface area contributed by atoms with Crippen LogP contribution in [0.4, 0.5) is 18.9 Å². The highest BCUT2D eigenvalue weighted by Gasteiger charge is 2.33. The van der Waals surface area contributed by atoms with Gasteiger partial charge in [-0.25, -0.2) is 0 Å². The fourth-order valence-corrected chi connectivity index (χ4v) is 4.73. The molecule has 0 N–H and O–H groups in total. The minimum atomic E-state index is -4.31. The zero-order valence-electron chi connectivity index (χ0n) is 16.6. The number of hydrogen-bond donors (Lipinski definition) is 0. The summed E-state index contributed by atoms with van der Waals surface area (Å²) in [6.07, 6.45) is 2.84. The van der Waals surface area contributed by atoms with E-state index in [1.165, 1.54) is 12.1 Å². The van der Waals surface area contributed by atoms with Gasteiger partial charge in [0.05, 0.1) is 5.56 Å². The predicted molar refractivity (Wildman–Crippen MR) is 107 cm³/mol. The van der Waals surface area contributed by atoms with Crippen molar-refractivity contribution in [1.82, 2.24) is 9.80 Å². The summed E-state index contributed by atoms with van der Waals surface area (Å²) >= 11 is 0. The van der Waals surface area contributed by atoms with Gasteiger partial charge < -0.3 is 9.80 Å². The Morgan fingerprint density at radius 3 is 2.52 bits per heavy atom. The number of benzene rings is 1. The van der Waals surface area contributed by atoms with Gasteiger partial charge in [-0.1, -0.05) is 12.1 Å². The van der Waals surface area contributed by atoms with Crippen molar-refractivity contribution in [3.63, 3.8) is 0 Å². The number of alkyl halides is 3. The summed E-state index contributed by atoms with van der Waals surface area (Å²) in [6, 6.07) is 5.94. The summed E-state index contributed by atoms with van der Waals surface area (Å²) in [6.45, 7) is 4.63. The van der Waals surface area contributed by atoms with Crippen LogP contribution in [0.3, 0.4) is 0 Å². The Bertz CT molecular complexity index is 769. The Morgan fingerprint density at radius 1 is 1.03 bits per heavy atom. The molecule has 1 unspecified atom stereocenters. The number of piperidine rings is 1. The molecule has 2 aliphatic heterocycles. The lowest BCUT2D eigenvalue weighted by Crippen LogP contribution is -2.56. The number of allylic oxidation sites excluding steroid dienone is 1. The molecule has 2 fully saturated rings. The van der Waals surface area contributed by atoms with Crippen molar-refractivity contribution in [3.8, 4) is 0 Å². The lowest BCUT2D eigenvalue weighted by atomic mass is 10.0. The van der Waals surface area contributed by atoms with E-state index in [4.69, 9.17) is 0 Å². The minimum absolute atomic E-state index is 0.204. The number of hydrogen-bond acceptors (Lipinski definition) is 3. The third-order valence-corrected chi connectivity index (χ3v) is 6.37. The molecule has 1 aliphatic carbocycles. The molecule has 1 aromatic carbocycles. The number of halogens is 3. The third-order valence-electron chi connectivity index (χ3n) is 6.37. The zero-order valence-corrected chi connectivity index (χ0v) is 16.6.